The Kier molecular flexibility index (Phi) is 4.62. The first-order valence-corrected chi connectivity index (χ1v) is 9.02. The summed E-state index contributed by atoms with van der Waals surface area (Å²) in [5.41, 5.74) is 2.64. The first-order chi connectivity index (χ1) is 13.5. The summed E-state index contributed by atoms with van der Waals surface area (Å²) in [6.45, 7) is 0. The monoisotopic (exact) mass is 437 g/mol. The molecule has 0 aliphatic rings. The van der Waals surface area contributed by atoms with Crippen molar-refractivity contribution in [1.82, 2.24) is 4.98 Å². The number of halogens is 1. The molecule has 8 heteroatoms. The molecule has 0 spiro atoms. The number of rotatable bonds is 4. The van der Waals surface area contributed by atoms with Gasteiger partial charge in [0, 0.05) is 27.9 Å². The number of aromatic nitrogens is 1. The van der Waals surface area contributed by atoms with Crippen molar-refractivity contribution >= 4 is 44.3 Å². The van der Waals surface area contributed by atoms with Gasteiger partial charge in [0.05, 0.1) is 10.5 Å². The second kappa shape index (κ2) is 7.24. The average Bonchev–Trinajstić information content (AvgIpc) is 3.12. The summed E-state index contributed by atoms with van der Waals surface area (Å²) < 4.78 is 6.22. The van der Waals surface area contributed by atoms with Crippen molar-refractivity contribution in [1.29, 1.82) is 0 Å². The number of anilines is 1. The minimum atomic E-state index is -0.545. The Morgan fingerprint density at radius 2 is 1.89 bits per heavy atom. The minimum Gasteiger partial charge on any atom is -0.436 e. The van der Waals surface area contributed by atoms with E-state index in [2.05, 4.69) is 26.2 Å². The number of carbonyl (C=O) groups is 1. The molecule has 4 rings (SSSR count). The largest absolute Gasteiger partial charge is 0.436 e. The molecule has 0 saturated carbocycles. The quantitative estimate of drug-likeness (QED) is 0.339. The molecule has 7 nitrogen and oxygen atoms in total. The third kappa shape index (κ3) is 3.49. The van der Waals surface area contributed by atoms with E-state index in [0.717, 1.165) is 5.52 Å². The van der Waals surface area contributed by atoms with Crippen molar-refractivity contribution in [3.8, 4) is 11.5 Å². The van der Waals surface area contributed by atoms with Gasteiger partial charge in [0.1, 0.15) is 5.52 Å². The molecule has 1 amide bonds. The molecule has 4 aromatic rings. The van der Waals surface area contributed by atoms with Gasteiger partial charge in [-0.25, -0.2) is 4.98 Å². The van der Waals surface area contributed by atoms with Crippen molar-refractivity contribution in [2.75, 3.05) is 5.32 Å². The van der Waals surface area contributed by atoms with Crippen LogP contribution in [0.25, 0.3) is 22.6 Å². The zero-order valence-electron chi connectivity index (χ0n) is 14.3. The van der Waals surface area contributed by atoms with E-state index < -0.39 is 10.8 Å². The van der Waals surface area contributed by atoms with Gasteiger partial charge in [-0.15, -0.1) is 0 Å². The van der Waals surface area contributed by atoms with Crippen molar-refractivity contribution < 1.29 is 14.1 Å². The van der Waals surface area contributed by atoms with Crippen LogP contribution in [0.3, 0.4) is 0 Å². The van der Waals surface area contributed by atoms with E-state index in [1.807, 2.05) is 30.3 Å². The highest BCUT2D eigenvalue weighted by atomic mass is 79.9. The zero-order valence-corrected chi connectivity index (χ0v) is 15.8. The normalized spacial score (nSPS) is 10.8. The van der Waals surface area contributed by atoms with Gasteiger partial charge in [0.2, 0.25) is 5.89 Å². The number of non-ortho nitro benzene ring substituents is 1. The first kappa shape index (κ1) is 17.9. The Labute approximate surface area is 167 Å². The molecule has 28 heavy (non-hydrogen) atoms. The van der Waals surface area contributed by atoms with Gasteiger partial charge in [0.15, 0.2) is 5.58 Å². The maximum Gasteiger partial charge on any atom is 0.270 e. The summed E-state index contributed by atoms with van der Waals surface area (Å²) in [4.78, 5) is 27.5. The van der Waals surface area contributed by atoms with Crippen molar-refractivity contribution in [3.63, 3.8) is 0 Å². The van der Waals surface area contributed by atoms with Crippen LogP contribution >= 0.6 is 15.9 Å². The highest BCUT2D eigenvalue weighted by Crippen LogP contribution is 2.27. The van der Waals surface area contributed by atoms with Crippen LogP contribution in [-0.4, -0.2) is 15.8 Å². The first-order valence-electron chi connectivity index (χ1n) is 8.22. The molecule has 0 radical (unpaired) electrons. The van der Waals surface area contributed by atoms with E-state index in [1.54, 1.807) is 18.2 Å². The Hall–Kier alpha value is -3.52. The molecule has 0 aliphatic carbocycles. The topological polar surface area (TPSA) is 98.3 Å². The van der Waals surface area contributed by atoms with E-state index in [9.17, 15) is 14.9 Å². The molecule has 1 heterocycles. The smallest absolute Gasteiger partial charge is 0.270 e. The predicted octanol–water partition coefficient (Wildman–Crippen LogP) is 5.42. The lowest BCUT2D eigenvalue weighted by molar-refractivity contribution is -0.384. The molecule has 0 fully saturated rings. The zero-order chi connectivity index (χ0) is 19.7. The van der Waals surface area contributed by atoms with Gasteiger partial charge >= 0.3 is 0 Å². The van der Waals surface area contributed by atoms with Crippen molar-refractivity contribution in [2.24, 2.45) is 0 Å². The molecule has 138 valence electrons. The summed E-state index contributed by atoms with van der Waals surface area (Å²) >= 11 is 3.26. The Morgan fingerprint density at radius 3 is 2.68 bits per heavy atom. The van der Waals surface area contributed by atoms with Crippen LogP contribution in [-0.2, 0) is 0 Å². The standard InChI is InChI=1S/C20H12BrN3O4/c21-16-9-8-14(24(26)27)11-15(16)19(25)22-13-5-3-4-12(10-13)20-23-17-6-1-2-7-18(17)28-20/h1-11H,(H,22,25). The van der Waals surface area contributed by atoms with Gasteiger partial charge in [-0.1, -0.05) is 18.2 Å². The Morgan fingerprint density at radius 1 is 1.07 bits per heavy atom. The molecule has 0 saturated heterocycles. The fourth-order valence-corrected chi connectivity index (χ4v) is 3.15. The van der Waals surface area contributed by atoms with Crippen LogP contribution in [0.1, 0.15) is 10.4 Å². The summed E-state index contributed by atoms with van der Waals surface area (Å²) in [5.74, 6) is -0.0286. The third-order valence-corrected chi connectivity index (χ3v) is 4.76. The SMILES string of the molecule is O=C(Nc1cccc(-c2nc3ccccc3o2)c1)c1cc([N+](=O)[O-])ccc1Br. The summed E-state index contributed by atoms with van der Waals surface area (Å²) in [7, 11) is 0. The second-order valence-electron chi connectivity index (χ2n) is 5.94. The summed E-state index contributed by atoms with van der Waals surface area (Å²) in [6.07, 6.45) is 0. The number of hydrogen-bond acceptors (Lipinski definition) is 5. The van der Waals surface area contributed by atoms with Crippen LogP contribution in [0.2, 0.25) is 0 Å². The lowest BCUT2D eigenvalue weighted by atomic mass is 10.1. The van der Waals surface area contributed by atoms with Crippen LogP contribution in [0, 0.1) is 10.1 Å². The summed E-state index contributed by atoms with van der Waals surface area (Å²) in [5, 5.41) is 13.7. The number of amides is 1. The Bertz CT molecular complexity index is 1190. The number of nitro groups is 1. The van der Waals surface area contributed by atoms with Crippen LogP contribution in [0.5, 0.6) is 0 Å². The van der Waals surface area contributed by atoms with Gasteiger partial charge in [-0.3, -0.25) is 14.9 Å². The van der Waals surface area contributed by atoms with Gasteiger partial charge in [0.25, 0.3) is 11.6 Å². The number of nitro benzene ring substituents is 1. The maximum atomic E-state index is 12.6. The van der Waals surface area contributed by atoms with Crippen molar-refractivity contribution in [3.05, 3.63) is 86.9 Å². The number of benzene rings is 3. The maximum absolute atomic E-state index is 12.6. The lowest BCUT2D eigenvalue weighted by Crippen LogP contribution is -2.13. The Balaban J connectivity index is 1.62. The molecule has 0 atom stereocenters. The van der Waals surface area contributed by atoms with E-state index in [-0.39, 0.29) is 11.3 Å². The predicted molar refractivity (Wildman–Crippen MR) is 108 cm³/mol. The van der Waals surface area contributed by atoms with Gasteiger partial charge < -0.3 is 9.73 Å². The van der Waals surface area contributed by atoms with E-state index in [1.165, 1.54) is 18.2 Å². The van der Waals surface area contributed by atoms with Gasteiger partial charge in [-0.05, 0) is 52.3 Å². The molecule has 0 aliphatic heterocycles. The van der Waals surface area contributed by atoms with Crippen LogP contribution in [0.4, 0.5) is 11.4 Å². The van der Waals surface area contributed by atoms with Gasteiger partial charge in [-0.2, -0.15) is 0 Å². The van der Waals surface area contributed by atoms with E-state index in [0.29, 0.717) is 27.2 Å². The minimum absolute atomic E-state index is 0.159. The number of fused-ring (bicyclic) bond motifs is 1. The average molecular weight is 438 g/mol. The molecule has 0 unspecified atom stereocenters. The number of hydrogen-bond donors (Lipinski definition) is 1. The number of nitrogens with zero attached hydrogens (tertiary/aromatic N) is 2. The molecule has 3 aromatic carbocycles. The van der Waals surface area contributed by atoms with E-state index >= 15 is 0 Å². The molecular weight excluding hydrogens is 426 g/mol. The fourth-order valence-electron chi connectivity index (χ4n) is 2.72. The number of oxazole rings is 1. The number of para-hydroxylation sites is 2. The van der Waals surface area contributed by atoms with Crippen molar-refractivity contribution in [2.45, 2.75) is 0 Å². The second-order valence-corrected chi connectivity index (χ2v) is 6.80. The lowest BCUT2D eigenvalue weighted by Gasteiger charge is -2.08. The number of carbonyl (C=O) groups excluding carboxylic acids is 1. The number of nitrogens with one attached hydrogen (secondary N) is 1. The summed E-state index contributed by atoms with van der Waals surface area (Å²) in [6, 6.07) is 18.5. The highest BCUT2D eigenvalue weighted by molar-refractivity contribution is 9.10. The molecule has 1 N–H and O–H groups in total. The fraction of sp³-hybridized carbons (Fsp3) is 0. The van der Waals surface area contributed by atoms with E-state index in [4.69, 9.17) is 4.42 Å². The highest BCUT2D eigenvalue weighted by Gasteiger charge is 2.16. The molecule has 0 bridgehead atoms. The molecular formula is C20H12BrN3O4. The van der Waals surface area contributed by atoms with Crippen LogP contribution in [0.15, 0.2) is 75.6 Å². The molecule has 1 aromatic heterocycles. The third-order valence-electron chi connectivity index (χ3n) is 4.07. The van der Waals surface area contributed by atoms with Crippen LogP contribution < -0.4 is 5.32 Å².